The van der Waals surface area contributed by atoms with Crippen LogP contribution in [0.25, 0.3) is 0 Å². The van der Waals surface area contributed by atoms with Gasteiger partial charge in [-0.3, -0.25) is 4.79 Å². The molecule has 20 heavy (non-hydrogen) atoms. The Morgan fingerprint density at radius 3 is 2.25 bits per heavy atom. The van der Waals surface area contributed by atoms with Gasteiger partial charge in [0.15, 0.2) is 0 Å². The number of nitrogens with zero attached hydrogens (tertiary/aromatic N) is 3. The molecule has 7 nitrogen and oxygen atoms in total. The Kier molecular flexibility index (Phi) is 5.71. The Morgan fingerprint density at radius 1 is 1.25 bits per heavy atom. The van der Waals surface area contributed by atoms with Crippen LogP contribution in [0.5, 0.6) is 0 Å². The van der Waals surface area contributed by atoms with Crippen molar-refractivity contribution in [1.29, 1.82) is 10.5 Å². The van der Waals surface area contributed by atoms with Gasteiger partial charge in [0.25, 0.3) is 5.56 Å². The molecule has 1 N–H and O–H groups in total. The topological polar surface area (TPSA) is 118 Å². The van der Waals surface area contributed by atoms with E-state index in [9.17, 15) is 13.2 Å². The Hall–Kier alpha value is -1.87. The highest BCUT2D eigenvalue weighted by atomic mass is 35.5. The Bertz CT molecular complexity index is 696. The number of halogens is 1. The van der Waals surface area contributed by atoms with Crippen LogP contribution in [0.1, 0.15) is 12.8 Å². The van der Waals surface area contributed by atoms with Crippen LogP contribution in [0, 0.1) is 22.7 Å². The summed E-state index contributed by atoms with van der Waals surface area (Å²) in [5.74, 6) is 0. The monoisotopic (exact) mass is 314 g/mol. The first-order valence-electron chi connectivity index (χ1n) is 5.55. The van der Waals surface area contributed by atoms with Gasteiger partial charge in [0.1, 0.15) is 5.02 Å². The number of aromatic nitrogens is 1. The first kappa shape index (κ1) is 16.2. The average Bonchev–Trinajstić information content (AvgIpc) is 2.41. The number of aromatic amines is 1. The molecule has 0 atom stereocenters. The molecule has 0 saturated heterocycles. The van der Waals surface area contributed by atoms with E-state index in [1.54, 1.807) is 0 Å². The van der Waals surface area contributed by atoms with Gasteiger partial charge in [0.05, 0.1) is 17.0 Å². The van der Waals surface area contributed by atoms with Gasteiger partial charge >= 0.3 is 0 Å². The van der Waals surface area contributed by atoms with E-state index in [2.05, 4.69) is 4.98 Å². The van der Waals surface area contributed by atoms with Crippen molar-refractivity contribution in [2.75, 3.05) is 13.1 Å². The van der Waals surface area contributed by atoms with Gasteiger partial charge in [-0.25, -0.2) is 8.42 Å². The summed E-state index contributed by atoms with van der Waals surface area (Å²) in [4.78, 5) is 13.2. The molecule has 1 rings (SSSR count). The molecule has 0 amide bonds. The zero-order chi connectivity index (χ0) is 15.2. The van der Waals surface area contributed by atoms with Crippen molar-refractivity contribution in [3.8, 4) is 12.1 Å². The van der Waals surface area contributed by atoms with E-state index in [-0.39, 0.29) is 35.8 Å². The van der Waals surface area contributed by atoms with Crippen molar-refractivity contribution in [3.05, 3.63) is 27.6 Å². The lowest BCUT2D eigenvalue weighted by atomic mass is 10.4. The predicted octanol–water partition coefficient (Wildman–Crippen LogP) is 0.846. The maximum absolute atomic E-state index is 12.3. The zero-order valence-electron chi connectivity index (χ0n) is 10.3. The molecule has 0 aromatic carbocycles. The summed E-state index contributed by atoms with van der Waals surface area (Å²) < 4.78 is 25.7. The molecule has 0 aliphatic carbocycles. The second kappa shape index (κ2) is 7.06. The molecule has 9 heteroatoms. The van der Waals surface area contributed by atoms with Crippen molar-refractivity contribution < 1.29 is 8.42 Å². The fourth-order valence-electron chi connectivity index (χ4n) is 1.44. The molecule has 0 bridgehead atoms. The fourth-order valence-corrected chi connectivity index (χ4v) is 3.11. The van der Waals surface area contributed by atoms with Gasteiger partial charge in [0, 0.05) is 32.1 Å². The number of nitrogens with one attached hydrogen (secondary N) is 1. The van der Waals surface area contributed by atoms with E-state index in [1.807, 2.05) is 12.1 Å². The van der Waals surface area contributed by atoms with Crippen LogP contribution in [-0.2, 0) is 10.0 Å². The van der Waals surface area contributed by atoms with Crippen molar-refractivity contribution >= 4 is 21.6 Å². The van der Waals surface area contributed by atoms with E-state index in [0.717, 1.165) is 16.6 Å². The number of hydrogen-bond donors (Lipinski definition) is 1. The number of pyridine rings is 1. The van der Waals surface area contributed by atoms with Crippen LogP contribution in [-0.4, -0.2) is 30.8 Å². The minimum Gasteiger partial charge on any atom is -0.326 e. The highest BCUT2D eigenvalue weighted by molar-refractivity contribution is 7.89. The van der Waals surface area contributed by atoms with E-state index < -0.39 is 15.6 Å². The third kappa shape index (κ3) is 3.81. The molecule has 1 aromatic rings. The van der Waals surface area contributed by atoms with Crippen molar-refractivity contribution in [1.82, 2.24) is 9.29 Å². The third-order valence-electron chi connectivity index (χ3n) is 2.42. The Labute approximate surface area is 121 Å². The normalized spacial score (nSPS) is 11.0. The summed E-state index contributed by atoms with van der Waals surface area (Å²) in [6.07, 6.45) is 1.04. The lowest BCUT2D eigenvalue weighted by Crippen LogP contribution is -2.33. The third-order valence-corrected chi connectivity index (χ3v) is 4.57. The molecule has 0 saturated carbocycles. The zero-order valence-corrected chi connectivity index (χ0v) is 11.9. The molecule has 1 aromatic heterocycles. The van der Waals surface area contributed by atoms with E-state index in [0.29, 0.717) is 0 Å². The fraction of sp³-hybridized carbons (Fsp3) is 0.364. The molecule has 106 valence electrons. The molecule has 0 spiro atoms. The van der Waals surface area contributed by atoms with Crippen LogP contribution in [0.4, 0.5) is 0 Å². The van der Waals surface area contributed by atoms with Crippen LogP contribution < -0.4 is 5.56 Å². The summed E-state index contributed by atoms with van der Waals surface area (Å²) in [6, 6.07) is 4.73. The smallest absolute Gasteiger partial charge is 0.266 e. The van der Waals surface area contributed by atoms with Crippen molar-refractivity contribution in [2.45, 2.75) is 17.7 Å². The second-order valence-electron chi connectivity index (χ2n) is 3.73. The van der Waals surface area contributed by atoms with Gasteiger partial charge in [0.2, 0.25) is 10.0 Å². The second-order valence-corrected chi connectivity index (χ2v) is 6.08. The molecule has 0 fully saturated rings. The van der Waals surface area contributed by atoms with Gasteiger partial charge in [-0.2, -0.15) is 14.8 Å². The number of sulfonamides is 1. The number of hydrogen-bond acceptors (Lipinski definition) is 5. The minimum atomic E-state index is -3.91. The number of H-pyrrole nitrogens is 1. The summed E-state index contributed by atoms with van der Waals surface area (Å²) in [5.41, 5.74) is -0.591. The summed E-state index contributed by atoms with van der Waals surface area (Å²) in [6.45, 7) is -0.0610. The predicted molar refractivity (Wildman–Crippen MR) is 71.3 cm³/mol. The van der Waals surface area contributed by atoms with Crippen LogP contribution in [0.3, 0.4) is 0 Å². The maximum atomic E-state index is 12.3. The summed E-state index contributed by atoms with van der Waals surface area (Å²) in [5, 5.41) is 16.9. The average molecular weight is 315 g/mol. The number of rotatable bonds is 6. The maximum Gasteiger partial charge on any atom is 0.266 e. The molecule has 1 heterocycles. The van der Waals surface area contributed by atoms with E-state index >= 15 is 0 Å². The standard InChI is InChI=1S/C11H11ClN4O3S/c12-10-7-9(8-15-11(10)17)20(18,19)16(5-1-3-13)6-2-4-14/h7-8H,1-2,5-6H2,(H,15,17). The molecule has 0 unspecified atom stereocenters. The Morgan fingerprint density at radius 2 is 1.80 bits per heavy atom. The molecule has 0 radical (unpaired) electrons. The number of nitriles is 2. The van der Waals surface area contributed by atoms with Crippen molar-refractivity contribution in [2.24, 2.45) is 0 Å². The SMILES string of the molecule is N#CCCN(CCC#N)S(=O)(=O)c1c[nH]c(=O)c(Cl)c1. The van der Waals surface area contributed by atoms with Crippen LogP contribution in [0.15, 0.2) is 22.0 Å². The molecule has 0 aliphatic heterocycles. The lowest BCUT2D eigenvalue weighted by molar-refractivity contribution is 0.424. The van der Waals surface area contributed by atoms with Gasteiger partial charge < -0.3 is 4.98 Å². The van der Waals surface area contributed by atoms with E-state index in [4.69, 9.17) is 22.1 Å². The molecule has 0 aliphatic rings. The van der Waals surface area contributed by atoms with Crippen LogP contribution >= 0.6 is 11.6 Å². The highest BCUT2D eigenvalue weighted by Gasteiger charge is 2.24. The van der Waals surface area contributed by atoms with E-state index in [1.165, 1.54) is 0 Å². The molecular formula is C11H11ClN4O3S. The highest BCUT2D eigenvalue weighted by Crippen LogP contribution is 2.17. The largest absolute Gasteiger partial charge is 0.326 e. The Balaban J connectivity index is 3.14. The lowest BCUT2D eigenvalue weighted by Gasteiger charge is -2.19. The van der Waals surface area contributed by atoms with Gasteiger partial charge in [-0.1, -0.05) is 11.6 Å². The summed E-state index contributed by atoms with van der Waals surface area (Å²) in [7, 11) is -3.91. The van der Waals surface area contributed by atoms with Gasteiger partial charge in [-0.15, -0.1) is 0 Å². The van der Waals surface area contributed by atoms with Gasteiger partial charge in [-0.05, 0) is 6.07 Å². The van der Waals surface area contributed by atoms with Crippen molar-refractivity contribution in [3.63, 3.8) is 0 Å². The quantitative estimate of drug-likeness (QED) is 0.835. The van der Waals surface area contributed by atoms with Crippen LogP contribution in [0.2, 0.25) is 5.02 Å². The summed E-state index contributed by atoms with van der Waals surface area (Å²) >= 11 is 5.60. The molecular weight excluding hydrogens is 304 g/mol. The first-order valence-corrected chi connectivity index (χ1v) is 7.37. The first-order chi connectivity index (χ1) is 9.43. The minimum absolute atomic E-state index is 0.00173.